The van der Waals surface area contributed by atoms with Crippen molar-refractivity contribution in [3.8, 4) is 5.75 Å². The van der Waals surface area contributed by atoms with Gasteiger partial charge in [-0.3, -0.25) is 10.1 Å². The molecule has 3 rings (SSSR count). The van der Waals surface area contributed by atoms with Crippen LogP contribution in [0.25, 0.3) is 0 Å². The maximum absolute atomic E-state index is 10.9. The Morgan fingerprint density at radius 2 is 1.77 bits per heavy atom. The van der Waals surface area contributed by atoms with Gasteiger partial charge in [-0.2, -0.15) is 0 Å². The van der Waals surface area contributed by atoms with E-state index in [-0.39, 0.29) is 5.69 Å². The van der Waals surface area contributed by atoms with Crippen molar-refractivity contribution in [1.29, 1.82) is 0 Å². The minimum absolute atomic E-state index is 0.0684. The summed E-state index contributed by atoms with van der Waals surface area (Å²) in [5, 5.41) is 14.1. The molecule has 0 spiro atoms. The number of anilines is 1. The van der Waals surface area contributed by atoms with E-state index in [4.69, 9.17) is 4.74 Å². The van der Waals surface area contributed by atoms with Gasteiger partial charge in [-0.15, -0.1) is 0 Å². The van der Waals surface area contributed by atoms with Crippen LogP contribution in [-0.2, 0) is 13.2 Å². The monoisotopic (exact) mass is 348 g/mol. The second kappa shape index (κ2) is 8.16. The van der Waals surface area contributed by atoms with Crippen molar-refractivity contribution >= 4 is 11.4 Å². The van der Waals surface area contributed by atoms with E-state index in [1.165, 1.54) is 17.7 Å². The fraction of sp³-hybridized carbons (Fsp3) is 0.143. The summed E-state index contributed by atoms with van der Waals surface area (Å²) in [5.41, 5.74) is 4.09. The van der Waals surface area contributed by atoms with Gasteiger partial charge in [-0.25, -0.2) is 0 Å². The van der Waals surface area contributed by atoms with Crippen LogP contribution in [0.1, 0.15) is 16.7 Å². The van der Waals surface area contributed by atoms with E-state index >= 15 is 0 Å². The van der Waals surface area contributed by atoms with Crippen LogP contribution in [0.3, 0.4) is 0 Å². The molecule has 5 nitrogen and oxygen atoms in total. The molecule has 0 unspecified atom stereocenters. The lowest BCUT2D eigenvalue weighted by atomic mass is 10.1. The Morgan fingerprint density at radius 1 is 1.00 bits per heavy atom. The fourth-order valence-electron chi connectivity index (χ4n) is 2.56. The first kappa shape index (κ1) is 17.5. The summed E-state index contributed by atoms with van der Waals surface area (Å²) in [7, 11) is 0. The van der Waals surface area contributed by atoms with E-state index in [0.717, 1.165) is 16.9 Å². The van der Waals surface area contributed by atoms with Crippen LogP contribution < -0.4 is 10.1 Å². The number of nitrogens with zero attached hydrogens (tertiary/aromatic N) is 1. The number of nitro groups is 1. The lowest BCUT2D eigenvalue weighted by Crippen LogP contribution is -2.04. The third-order valence-electron chi connectivity index (χ3n) is 4.03. The quantitative estimate of drug-likeness (QED) is 0.477. The number of hydrogen-bond donors (Lipinski definition) is 1. The summed E-state index contributed by atoms with van der Waals surface area (Å²) in [6.45, 7) is 3.07. The first-order chi connectivity index (χ1) is 12.6. The maximum Gasteiger partial charge on any atom is 0.271 e. The van der Waals surface area contributed by atoms with Crippen molar-refractivity contribution in [2.24, 2.45) is 0 Å². The molecule has 0 amide bonds. The molecule has 0 aromatic heterocycles. The predicted octanol–water partition coefficient (Wildman–Crippen LogP) is 5.09. The van der Waals surface area contributed by atoms with Crippen molar-refractivity contribution in [2.45, 2.75) is 20.1 Å². The molecule has 0 saturated carbocycles. The molecule has 1 N–H and O–H groups in total. The molecule has 0 heterocycles. The number of rotatable bonds is 7. The minimum atomic E-state index is -0.399. The zero-order chi connectivity index (χ0) is 18.4. The molecule has 3 aromatic rings. The summed E-state index contributed by atoms with van der Waals surface area (Å²) in [6.07, 6.45) is 0. The van der Waals surface area contributed by atoms with Gasteiger partial charge in [-0.1, -0.05) is 54.1 Å². The summed E-state index contributed by atoms with van der Waals surface area (Å²) in [6, 6.07) is 22.5. The van der Waals surface area contributed by atoms with Crippen LogP contribution in [0.2, 0.25) is 0 Å². The molecule has 0 aliphatic heterocycles. The normalized spacial score (nSPS) is 10.3. The zero-order valence-corrected chi connectivity index (χ0v) is 14.5. The Hall–Kier alpha value is -3.34. The molecule has 0 atom stereocenters. The first-order valence-electron chi connectivity index (χ1n) is 8.36. The average molecular weight is 348 g/mol. The van der Waals surface area contributed by atoms with Crippen LogP contribution in [0.4, 0.5) is 11.4 Å². The summed E-state index contributed by atoms with van der Waals surface area (Å²) in [5.74, 6) is 0.797. The van der Waals surface area contributed by atoms with Gasteiger partial charge in [0, 0.05) is 29.9 Å². The highest BCUT2D eigenvalue weighted by molar-refractivity contribution is 5.51. The highest BCUT2D eigenvalue weighted by atomic mass is 16.6. The molecule has 0 saturated heterocycles. The number of non-ortho nitro benzene ring substituents is 1. The Labute approximate surface area is 152 Å². The zero-order valence-electron chi connectivity index (χ0n) is 14.5. The van der Waals surface area contributed by atoms with E-state index in [0.29, 0.717) is 18.8 Å². The first-order valence-corrected chi connectivity index (χ1v) is 8.36. The molecule has 26 heavy (non-hydrogen) atoms. The van der Waals surface area contributed by atoms with Gasteiger partial charge in [0.2, 0.25) is 0 Å². The molecule has 0 aliphatic carbocycles. The Balaban J connectivity index is 1.66. The van der Waals surface area contributed by atoms with Gasteiger partial charge in [0.15, 0.2) is 0 Å². The number of para-hydroxylation sites is 1. The van der Waals surface area contributed by atoms with Gasteiger partial charge in [0.05, 0.1) is 4.92 Å². The smallest absolute Gasteiger partial charge is 0.271 e. The van der Waals surface area contributed by atoms with Crippen molar-refractivity contribution in [1.82, 2.24) is 0 Å². The number of benzene rings is 3. The minimum Gasteiger partial charge on any atom is -0.489 e. The molecular formula is C21H20N2O3. The number of aryl methyl sites for hydroxylation is 1. The van der Waals surface area contributed by atoms with Gasteiger partial charge < -0.3 is 10.1 Å². The largest absolute Gasteiger partial charge is 0.489 e. The summed E-state index contributed by atoms with van der Waals surface area (Å²) >= 11 is 0. The van der Waals surface area contributed by atoms with E-state index in [9.17, 15) is 10.1 Å². The fourth-order valence-corrected chi connectivity index (χ4v) is 2.56. The number of nitro benzene ring substituents is 1. The van der Waals surface area contributed by atoms with Crippen LogP contribution >= 0.6 is 0 Å². The standard InChI is InChI=1S/C21H20N2O3/c1-16-9-11-17(12-10-16)15-26-21-8-3-2-5-18(21)14-22-19-6-4-7-20(13-19)23(24)25/h2-13,22H,14-15H2,1H3. The Bertz CT molecular complexity index is 892. The molecule has 0 aliphatic rings. The van der Waals surface area contributed by atoms with Crippen molar-refractivity contribution in [3.63, 3.8) is 0 Å². The molecule has 0 radical (unpaired) electrons. The third-order valence-corrected chi connectivity index (χ3v) is 4.03. The molecule has 5 heteroatoms. The second-order valence-corrected chi connectivity index (χ2v) is 6.04. The van der Waals surface area contributed by atoms with Crippen LogP contribution in [0, 0.1) is 17.0 Å². The molecular weight excluding hydrogens is 328 g/mol. The lowest BCUT2D eigenvalue weighted by Gasteiger charge is -2.13. The highest BCUT2D eigenvalue weighted by Crippen LogP contribution is 2.22. The topological polar surface area (TPSA) is 64.4 Å². The van der Waals surface area contributed by atoms with Crippen molar-refractivity contribution in [2.75, 3.05) is 5.32 Å². The summed E-state index contributed by atoms with van der Waals surface area (Å²) < 4.78 is 5.97. The summed E-state index contributed by atoms with van der Waals surface area (Å²) in [4.78, 5) is 10.5. The molecule has 0 bridgehead atoms. The SMILES string of the molecule is Cc1ccc(COc2ccccc2CNc2cccc([N+](=O)[O-])c2)cc1. The number of nitrogens with one attached hydrogen (secondary N) is 1. The highest BCUT2D eigenvalue weighted by Gasteiger charge is 2.07. The Morgan fingerprint density at radius 3 is 2.54 bits per heavy atom. The van der Waals surface area contributed by atoms with Gasteiger partial charge in [0.25, 0.3) is 5.69 Å². The molecule has 3 aromatic carbocycles. The average Bonchev–Trinajstić information content (AvgIpc) is 2.67. The van der Waals surface area contributed by atoms with Gasteiger partial charge in [0.1, 0.15) is 12.4 Å². The Kier molecular flexibility index (Phi) is 5.49. The number of ether oxygens (including phenoxy) is 1. The van der Waals surface area contributed by atoms with E-state index in [1.54, 1.807) is 6.07 Å². The van der Waals surface area contributed by atoms with E-state index in [2.05, 4.69) is 36.5 Å². The van der Waals surface area contributed by atoms with Crippen molar-refractivity contribution in [3.05, 3.63) is 99.6 Å². The third kappa shape index (κ3) is 4.60. The van der Waals surface area contributed by atoms with E-state index < -0.39 is 4.92 Å². The van der Waals surface area contributed by atoms with Crippen LogP contribution in [0.5, 0.6) is 5.75 Å². The van der Waals surface area contributed by atoms with Gasteiger partial charge >= 0.3 is 0 Å². The molecule has 0 fully saturated rings. The van der Waals surface area contributed by atoms with E-state index in [1.807, 2.05) is 30.3 Å². The lowest BCUT2D eigenvalue weighted by molar-refractivity contribution is -0.384. The predicted molar refractivity (Wildman–Crippen MR) is 102 cm³/mol. The van der Waals surface area contributed by atoms with Crippen LogP contribution in [-0.4, -0.2) is 4.92 Å². The molecule has 132 valence electrons. The van der Waals surface area contributed by atoms with Crippen molar-refractivity contribution < 1.29 is 9.66 Å². The van der Waals surface area contributed by atoms with Gasteiger partial charge in [-0.05, 0) is 24.6 Å². The van der Waals surface area contributed by atoms with Crippen LogP contribution in [0.15, 0.2) is 72.8 Å². The number of hydrogen-bond acceptors (Lipinski definition) is 4. The maximum atomic E-state index is 10.9. The second-order valence-electron chi connectivity index (χ2n) is 6.04.